The van der Waals surface area contributed by atoms with Crippen molar-refractivity contribution in [3.05, 3.63) is 35.4 Å². The second-order valence-corrected chi connectivity index (χ2v) is 5.22. The number of allylic oxidation sites excluding steroid dienone is 1. The molecule has 1 nitrogen and oxygen atoms in total. The van der Waals surface area contributed by atoms with Gasteiger partial charge in [0.2, 0.25) is 0 Å². The van der Waals surface area contributed by atoms with E-state index < -0.39 is 0 Å². The summed E-state index contributed by atoms with van der Waals surface area (Å²) in [5, 5.41) is 9.95. The lowest BCUT2D eigenvalue weighted by molar-refractivity contribution is 0.446. The van der Waals surface area contributed by atoms with Gasteiger partial charge in [0.1, 0.15) is 5.75 Å². The van der Waals surface area contributed by atoms with E-state index in [9.17, 15) is 5.11 Å². The minimum Gasteiger partial charge on any atom is -0.508 e. The summed E-state index contributed by atoms with van der Waals surface area (Å²) in [5.41, 5.74) is 2.06. The Labute approximate surface area is 98.8 Å². The van der Waals surface area contributed by atoms with Gasteiger partial charge >= 0.3 is 0 Å². The molecule has 16 heavy (non-hydrogen) atoms. The summed E-state index contributed by atoms with van der Waals surface area (Å²) < 4.78 is 0. The average Bonchev–Trinajstić information content (AvgIpc) is 2.16. The molecule has 0 amide bonds. The van der Waals surface area contributed by atoms with Crippen LogP contribution >= 0.6 is 0 Å². The largest absolute Gasteiger partial charge is 0.508 e. The zero-order valence-electron chi connectivity index (χ0n) is 10.7. The molecule has 0 fully saturated rings. The second kappa shape index (κ2) is 5.20. The summed E-state index contributed by atoms with van der Waals surface area (Å²) in [6, 6.07) is 5.92. The molecule has 1 heteroatoms. The summed E-state index contributed by atoms with van der Waals surface area (Å²) in [4.78, 5) is 0. The lowest BCUT2D eigenvalue weighted by Gasteiger charge is -2.20. The molecule has 1 N–H and O–H groups in total. The Morgan fingerprint density at radius 1 is 1.25 bits per heavy atom. The Bertz CT molecular complexity index is 370. The number of benzene rings is 1. The van der Waals surface area contributed by atoms with Gasteiger partial charge in [-0.3, -0.25) is 0 Å². The van der Waals surface area contributed by atoms with E-state index in [-0.39, 0.29) is 5.41 Å². The van der Waals surface area contributed by atoms with Crippen molar-refractivity contribution < 1.29 is 5.11 Å². The molecule has 0 aromatic heterocycles. The smallest absolute Gasteiger partial charge is 0.119 e. The molecule has 0 bridgehead atoms. The van der Waals surface area contributed by atoms with Gasteiger partial charge in [0, 0.05) is 0 Å². The van der Waals surface area contributed by atoms with Crippen molar-refractivity contribution in [2.24, 2.45) is 0 Å². The fourth-order valence-corrected chi connectivity index (χ4v) is 1.67. The molecule has 1 aromatic rings. The third-order valence-electron chi connectivity index (χ3n) is 2.60. The van der Waals surface area contributed by atoms with Crippen LogP contribution in [0.5, 0.6) is 5.75 Å². The van der Waals surface area contributed by atoms with E-state index in [0.29, 0.717) is 5.75 Å². The van der Waals surface area contributed by atoms with E-state index in [1.54, 1.807) is 0 Å². The van der Waals surface area contributed by atoms with Crippen molar-refractivity contribution in [1.29, 1.82) is 0 Å². The maximum absolute atomic E-state index is 9.95. The Kier molecular flexibility index (Phi) is 4.17. The number of hydrogen-bond donors (Lipinski definition) is 1. The zero-order valence-corrected chi connectivity index (χ0v) is 10.7. The maximum atomic E-state index is 9.95. The Hall–Kier alpha value is -1.24. The summed E-state index contributed by atoms with van der Waals surface area (Å²) in [6.45, 7) is 8.47. The average molecular weight is 218 g/mol. The summed E-state index contributed by atoms with van der Waals surface area (Å²) in [7, 11) is 0. The van der Waals surface area contributed by atoms with Crippen LogP contribution in [0.25, 0.3) is 6.08 Å². The van der Waals surface area contributed by atoms with Crippen molar-refractivity contribution in [2.75, 3.05) is 0 Å². The molecule has 0 aliphatic heterocycles. The van der Waals surface area contributed by atoms with E-state index in [2.05, 4.69) is 45.9 Å². The molecule has 1 aromatic carbocycles. The van der Waals surface area contributed by atoms with Gasteiger partial charge in [-0.25, -0.2) is 0 Å². The van der Waals surface area contributed by atoms with Crippen LogP contribution in [0.15, 0.2) is 24.3 Å². The molecule has 0 heterocycles. The Morgan fingerprint density at radius 2 is 1.94 bits per heavy atom. The maximum Gasteiger partial charge on any atom is 0.119 e. The van der Waals surface area contributed by atoms with Crippen molar-refractivity contribution in [2.45, 2.75) is 46.0 Å². The topological polar surface area (TPSA) is 20.2 Å². The van der Waals surface area contributed by atoms with Crippen LogP contribution in [-0.2, 0) is 5.41 Å². The van der Waals surface area contributed by atoms with Crippen molar-refractivity contribution in [3.63, 3.8) is 0 Å². The van der Waals surface area contributed by atoms with Gasteiger partial charge in [-0.1, -0.05) is 58.4 Å². The van der Waals surface area contributed by atoms with Gasteiger partial charge in [0.05, 0.1) is 0 Å². The Balaban J connectivity index is 2.91. The first-order valence-electron chi connectivity index (χ1n) is 5.95. The van der Waals surface area contributed by atoms with Crippen molar-refractivity contribution in [1.82, 2.24) is 0 Å². The predicted molar refractivity (Wildman–Crippen MR) is 70.7 cm³/mol. The highest BCUT2D eigenvalue weighted by Crippen LogP contribution is 2.31. The zero-order chi connectivity index (χ0) is 12.2. The molecule has 0 unspecified atom stereocenters. The molecule has 0 saturated carbocycles. The minimum atomic E-state index is -0.00422. The van der Waals surface area contributed by atoms with Crippen LogP contribution in [0, 0.1) is 0 Å². The standard InChI is InChI=1S/C15H22O/c1-5-6-7-8-12-9-10-13(14(16)11-12)15(2,3)4/h7-11,16H,5-6H2,1-4H3. The van der Waals surface area contributed by atoms with E-state index >= 15 is 0 Å². The molecule has 0 aliphatic rings. The summed E-state index contributed by atoms with van der Waals surface area (Å²) in [5.74, 6) is 0.395. The number of phenolic OH excluding ortho intramolecular Hbond substituents is 1. The molecular formula is C15H22O. The molecule has 0 aliphatic carbocycles. The highest BCUT2D eigenvalue weighted by molar-refractivity contribution is 5.54. The van der Waals surface area contributed by atoms with Gasteiger partial charge in [-0.2, -0.15) is 0 Å². The first-order valence-corrected chi connectivity index (χ1v) is 5.95. The first kappa shape index (κ1) is 12.8. The number of aromatic hydroxyl groups is 1. The third-order valence-corrected chi connectivity index (χ3v) is 2.60. The molecule has 0 radical (unpaired) electrons. The van der Waals surface area contributed by atoms with Gasteiger partial charge in [0.15, 0.2) is 0 Å². The predicted octanol–water partition coefficient (Wildman–Crippen LogP) is 4.50. The van der Waals surface area contributed by atoms with Crippen molar-refractivity contribution in [3.8, 4) is 5.75 Å². The number of phenols is 1. The van der Waals surface area contributed by atoms with Gasteiger partial charge in [-0.15, -0.1) is 0 Å². The highest BCUT2D eigenvalue weighted by atomic mass is 16.3. The molecule has 88 valence electrons. The number of hydrogen-bond acceptors (Lipinski definition) is 1. The quantitative estimate of drug-likeness (QED) is 0.791. The van der Waals surface area contributed by atoms with Crippen LogP contribution < -0.4 is 0 Å². The number of rotatable bonds is 3. The minimum absolute atomic E-state index is 0.00422. The van der Waals surface area contributed by atoms with Gasteiger partial charge < -0.3 is 5.11 Å². The summed E-state index contributed by atoms with van der Waals surface area (Å²) >= 11 is 0. The van der Waals surface area contributed by atoms with Gasteiger partial charge in [-0.05, 0) is 29.0 Å². The van der Waals surface area contributed by atoms with E-state index in [4.69, 9.17) is 0 Å². The SMILES string of the molecule is CCCC=Cc1ccc(C(C)(C)C)c(O)c1. The normalized spacial score (nSPS) is 12.2. The van der Waals surface area contributed by atoms with Crippen LogP contribution in [0.1, 0.15) is 51.7 Å². The second-order valence-electron chi connectivity index (χ2n) is 5.22. The third kappa shape index (κ3) is 3.41. The monoisotopic (exact) mass is 218 g/mol. The molecule has 0 atom stereocenters. The summed E-state index contributed by atoms with van der Waals surface area (Å²) in [6.07, 6.45) is 6.45. The van der Waals surface area contributed by atoms with Crippen LogP contribution in [0.4, 0.5) is 0 Å². The van der Waals surface area contributed by atoms with Crippen LogP contribution in [0.3, 0.4) is 0 Å². The van der Waals surface area contributed by atoms with E-state index in [0.717, 1.165) is 24.0 Å². The Morgan fingerprint density at radius 3 is 2.44 bits per heavy atom. The van der Waals surface area contributed by atoms with Gasteiger partial charge in [0.25, 0.3) is 0 Å². The van der Waals surface area contributed by atoms with Crippen LogP contribution in [0.2, 0.25) is 0 Å². The fourth-order valence-electron chi connectivity index (χ4n) is 1.67. The van der Waals surface area contributed by atoms with E-state index in [1.807, 2.05) is 12.1 Å². The number of unbranched alkanes of at least 4 members (excludes halogenated alkanes) is 1. The molecule has 1 rings (SSSR count). The van der Waals surface area contributed by atoms with E-state index in [1.165, 1.54) is 0 Å². The molecule has 0 saturated heterocycles. The fraction of sp³-hybridized carbons (Fsp3) is 0.467. The first-order chi connectivity index (χ1) is 7.45. The molecule has 0 spiro atoms. The lowest BCUT2D eigenvalue weighted by Crippen LogP contribution is -2.11. The van der Waals surface area contributed by atoms with Crippen molar-refractivity contribution >= 4 is 6.08 Å². The molecular weight excluding hydrogens is 196 g/mol. The lowest BCUT2D eigenvalue weighted by atomic mass is 9.86. The highest BCUT2D eigenvalue weighted by Gasteiger charge is 2.17. The van der Waals surface area contributed by atoms with Crippen LogP contribution in [-0.4, -0.2) is 5.11 Å².